The molecular weight excluding hydrogens is 580 g/mol. The monoisotopic (exact) mass is 640 g/mol. The van der Waals surface area contributed by atoms with Crippen molar-refractivity contribution in [2.45, 2.75) is 130 Å². The molecule has 8 fully saturated rings. The number of rotatable bonds is 4. The zero-order valence-electron chi connectivity index (χ0n) is 29.4. The summed E-state index contributed by atoms with van der Waals surface area (Å²) in [5.41, 5.74) is 1.19. The van der Waals surface area contributed by atoms with Crippen LogP contribution in [0.3, 0.4) is 0 Å². The molecule has 8 nitrogen and oxygen atoms in total. The largest absolute Gasteiger partial charge is 0.446 e. The third-order valence-corrected chi connectivity index (χ3v) is 15.8. The molecule has 8 rings (SSSR count). The highest BCUT2D eigenvalue weighted by atomic mass is 16.6. The van der Waals surface area contributed by atoms with Crippen LogP contribution < -0.4 is 0 Å². The minimum Gasteiger partial charge on any atom is -0.446 e. The lowest BCUT2D eigenvalue weighted by Crippen LogP contribution is -2.56. The van der Waals surface area contributed by atoms with E-state index < -0.39 is 0 Å². The minimum atomic E-state index is -0.185. The highest BCUT2D eigenvalue weighted by molar-refractivity contribution is 5.69. The molecule has 0 N–H and O–H groups in total. The average Bonchev–Trinajstić information content (AvgIpc) is 3.55. The average molecular weight is 641 g/mol. The van der Waals surface area contributed by atoms with Crippen molar-refractivity contribution in [3.05, 3.63) is 0 Å². The van der Waals surface area contributed by atoms with Crippen molar-refractivity contribution in [2.75, 3.05) is 39.4 Å². The summed E-state index contributed by atoms with van der Waals surface area (Å²) in [5, 5.41) is 0. The van der Waals surface area contributed by atoms with Gasteiger partial charge in [-0.25, -0.2) is 9.59 Å². The molecule has 0 aromatic rings. The number of hydrogen-bond donors (Lipinski definition) is 0. The first-order valence-electron chi connectivity index (χ1n) is 19.1. The Bertz CT molecular complexity index is 1210. The third-order valence-electron chi connectivity index (χ3n) is 15.8. The van der Waals surface area contributed by atoms with Crippen LogP contribution in [0.5, 0.6) is 0 Å². The maximum absolute atomic E-state index is 13.2. The smallest absolute Gasteiger partial charge is 0.410 e. The molecule has 5 aliphatic carbocycles. The van der Waals surface area contributed by atoms with Crippen molar-refractivity contribution in [3.63, 3.8) is 0 Å². The van der Waals surface area contributed by atoms with Gasteiger partial charge in [0.25, 0.3) is 0 Å². The molecule has 0 aromatic heterocycles. The molecule has 46 heavy (non-hydrogen) atoms. The highest BCUT2D eigenvalue weighted by Crippen LogP contribution is 2.87. The summed E-state index contributed by atoms with van der Waals surface area (Å²) in [7, 11) is 0. The number of nitrogens with zero attached hydrogens (tertiary/aromatic N) is 2. The van der Waals surface area contributed by atoms with Crippen LogP contribution in [-0.2, 0) is 18.9 Å². The van der Waals surface area contributed by atoms with Crippen LogP contribution in [0.1, 0.15) is 106 Å². The fourth-order valence-electron chi connectivity index (χ4n) is 13.5. The molecule has 0 aromatic carbocycles. The second-order valence-electron chi connectivity index (χ2n) is 18.3. The maximum Gasteiger partial charge on any atom is 0.410 e. The highest BCUT2D eigenvalue weighted by Gasteiger charge is 2.81. The third kappa shape index (κ3) is 4.49. The summed E-state index contributed by atoms with van der Waals surface area (Å²) in [6, 6.07) is 0. The quantitative estimate of drug-likeness (QED) is 0.325. The zero-order valence-corrected chi connectivity index (χ0v) is 29.4. The maximum atomic E-state index is 13.2. The molecule has 2 spiro atoms. The summed E-state index contributed by atoms with van der Waals surface area (Å²) in [6.07, 6.45) is 11.8. The molecule has 0 bridgehead atoms. The van der Waals surface area contributed by atoms with Gasteiger partial charge in [0.2, 0.25) is 0 Å². The van der Waals surface area contributed by atoms with Crippen molar-refractivity contribution in [1.82, 2.24) is 9.80 Å². The van der Waals surface area contributed by atoms with Crippen LogP contribution in [0.25, 0.3) is 0 Å². The van der Waals surface area contributed by atoms with Crippen LogP contribution in [0, 0.1) is 57.2 Å². The van der Waals surface area contributed by atoms with Gasteiger partial charge in [-0.3, -0.25) is 0 Å². The van der Waals surface area contributed by atoms with Crippen LogP contribution in [0.15, 0.2) is 0 Å². The number of carbonyl (C=O) groups is 2. The summed E-state index contributed by atoms with van der Waals surface area (Å²) >= 11 is 0. The predicted molar refractivity (Wildman–Crippen MR) is 174 cm³/mol. The van der Waals surface area contributed by atoms with Gasteiger partial charge in [0.1, 0.15) is 12.2 Å². The number of hydrogen-bond acceptors (Lipinski definition) is 6. The number of fused-ring (bicyclic) bond motifs is 4. The second-order valence-corrected chi connectivity index (χ2v) is 18.3. The van der Waals surface area contributed by atoms with Gasteiger partial charge in [-0.05, 0) is 116 Å². The van der Waals surface area contributed by atoms with E-state index in [4.69, 9.17) is 18.9 Å². The van der Waals surface area contributed by atoms with E-state index >= 15 is 0 Å². The van der Waals surface area contributed by atoms with Gasteiger partial charge in [0, 0.05) is 31.6 Å². The van der Waals surface area contributed by atoms with Gasteiger partial charge >= 0.3 is 12.2 Å². The summed E-state index contributed by atoms with van der Waals surface area (Å²) in [4.78, 5) is 29.7. The number of likely N-dealkylation sites (tertiary alicyclic amines) is 1. The van der Waals surface area contributed by atoms with E-state index in [-0.39, 0.29) is 47.9 Å². The van der Waals surface area contributed by atoms with E-state index in [9.17, 15) is 9.59 Å². The van der Waals surface area contributed by atoms with Crippen LogP contribution in [0.4, 0.5) is 9.59 Å². The number of amides is 2. The molecule has 8 aliphatic rings. The normalized spacial score (nSPS) is 47.7. The summed E-state index contributed by atoms with van der Waals surface area (Å²) in [5.74, 6) is 3.48. The van der Waals surface area contributed by atoms with Gasteiger partial charge in [0.15, 0.2) is 0 Å². The molecule has 3 heterocycles. The van der Waals surface area contributed by atoms with E-state index in [1.165, 1.54) is 44.9 Å². The fraction of sp³-hybridized carbons (Fsp3) is 0.947. The van der Waals surface area contributed by atoms with Crippen molar-refractivity contribution >= 4 is 12.2 Å². The molecule has 8 heteroatoms. The number of carbonyl (C=O) groups excluding carboxylic acids is 2. The molecule has 5 unspecified atom stereocenters. The fourth-order valence-corrected chi connectivity index (χ4v) is 13.5. The first kappa shape index (κ1) is 31.7. The van der Waals surface area contributed by atoms with E-state index in [2.05, 4.69) is 41.5 Å². The molecule has 5 saturated carbocycles. The van der Waals surface area contributed by atoms with Crippen molar-refractivity contribution in [2.24, 2.45) is 57.2 Å². The lowest BCUT2D eigenvalue weighted by atomic mass is 9.46. The Morgan fingerprint density at radius 1 is 0.848 bits per heavy atom. The molecule has 3 aliphatic heterocycles. The Morgan fingerprint density at radius 2 is 1.59 bits per heavy atom. The van der Waals surface area contributed by atoms with E-state index in [0.717, 1.165) is 38.3 Å². The topological polar surface area (TPSA) is 77.5 Å². The Hall–Kier alpha value is -1.54. The molecule has 3 saturated heterocycles. The van der Waals surface area contributed by atoms with Gasteiger partial charge in [-0.15, -0.1) is 0 Å². The molecule has 12 atom stereocenters. The van der Waals surface area contributed by atoms with Gasteiger partial charge < -0.3 is 28.7 Å². The van der Waals surface area contributed by atoms with Crippen LogP contribution in [-0.4, -0.2) is 85.8 Å². The van der Waals surface area contributed by atoms with Gasteiger partial charge in [-0.1, -0.05) is 41.5 Å². The first-order valence-corrected chi connectivity index (χ1v) is 19.1. The number of ether oxygens (including phenoxy) is 4. The Balaban J connectivity index is 0.979. The lowest BCUT2D eigenvalue weighted by molar-refractivity contribution is -0.167. The zero-order chi connectivity index (χ0) is 32.2. The SMILES string of the molecule is CC(C)[C@@H](OC(=O)N1CCC1)C1C[C@@H](C)C2C(CC3C4CC[C@H]5C(C)(C)[C@@H](OC(=O)N6CCOCC6)CC[C@@]56C[C@@]46CC[C@@]32C)O1. The van der Waals surface area contributed by atoms with Gasteiger partial charge in [0.05, 0.1) is 25.4 Å². The molecule has 2 amide bonds. The van der Waals surface area contributed by atoms with Crippen LogP contribution in [0.2, 0.25) is 0 Å². The van der Waals surface area contributed by atoms with E-state index in [1.807, 2.05) is 9.80 Å². The van der Waals surface area contributed by atoms with Crippen molar-refractivity contribution in [1.29, 1.82) is 0 Å². The second kappa shape index (κ2) is 11.0. The van der Waals surface area contributed by atoms with E-state index in [1.54, 1.807) is 0 Å². The predicted octanol–water partition coefficient (Wildman–Crippen LogP) is 7.14. The van der Waals surface area contributed by atoms with Crippen molar-refractivity contribution < 1.29 is 28.5 Å². The Morgan fingerprint density at radius 3 is 2.28 bits per heavy atom. The molecule has 258 valence electrons. The van der Waals surface area contributed by atoms with Gasteiger partial charge in [-0.2, -0.15) is 0 Å². The van der Waals surface area contributed by atoms with E-state index in [0.29, 0.717) is 66.2 Å². The molecule has 0 radical (unpaired) electrons. The van der Waals surface area contributed by atoms with Crippen LogP contribution >= 0.6 is 0 Å². The lowest BCUT2D eigenvalue weighted by Gasteiger charge is -2.59. The Kier molecular flexibility index (Phi) is 7.57. The first-order chi connectivity index (χ1) is 21.9. The molecular formula is C38H60N2O6. The standard InChI is InChI=1S/C38H60N2O6/c1-23(2)32(46-34(42)39-14-7-15-39)28-20-24(3)31-27(44-28)21-26-25-8-9-29-35(4,5)30(45-33(41)40-16-18-43-19-17-40)10-11-38(29)22-37(25,38)13-12-36(26,31)6/h23-32H,7-22H2,1-6H3/t24-,25?,26?,27?,28?,29+,30+,31?,32-,36+,37+,38-/m1/s1. The summed E-state index contributed by atoms with van der Waals surface area (Å²) in [6.45, 7) is 18.4. The Labute approximate surface area is 276 Å². The van der Waals surface area contributed by atoms with Crippen molar-refractivity contribution in [3.8, 4) is 0 Å². The summed E-state index contributed by atoms with van der Waals surface area (Å²) < 4.78 is 25.1. The number of morpholine rings is 1. The minimum absolute atomic E-state index is 0.00819.